The average Bonchev–Trinajstić information content (AvgIpc) is 2.70. The summed E-state index contributed by atoms with van der Waals surface area (Å²) in [5.74, 6) is 2.65. The van der Waals surface area contributed by atoms with E-state index in [1.807, 2.05) is 0 Å². The Hall–Kier alpha value is -0.860. The van der Waals surface area contributed by atoms with Gasteiger partial charge in [0.1, 0.15) is 0 Å². The molecule has 0 unspecified atom stereocenters. The highest BCUT2D eigenvalue weighted by atomic mass is 33.1. The van der Waals surface area contributed by atoms with Crippen molar-refractivity contribution in [2.75, 3.05) is 11.5 Å². The number of rotatable bonds is 15. The van der Waals surface area contributed by atoms with Crippen LogP contribution in [0.1, 0.15) is 62.5 Å². The van der Waals surface area contributed by atoms with Crippen LogP contribution < -0.4 is 0 Å². The molecule has 0 amide bonds. The van der Waals surface area contributed by atoms with Gasteiger partial charge in [0.15, 0.2) is 0 Å². The average molecular weight is 387 g/mol. The molecule has 0 aliphatic heterocycles. The summed E-state index contributed by atoms with van der Waals surface area (Å²) < 4.78 is 0. The van der Waals surface area contributed by atoms with Crippen molar-refractivity contribution in [2.45, 2.75) is 64.2 Å². The van der Waals surface area contributed by atoms with Crippen LogP contribution >= 0.6 is 21.6 Å². The molecule has 0 fully saturated rings. The standard InChI is InChI=1S/C24H34S2/c1(7-15-23-17-9-5-10-18-23)3-13-21-25-26-22-14-4-2-8-16-24-19-11-6-12-20-24/h5-6,9-12,17-20H,1-4,7-8,13-16,21-22H2. The molecule has 0 heterocycles. The van der Waals surface area contributed by atoms with Crippen LogP contribution in [0.5, 0.6) is 0 Å². The van der Waals surface area contributed by atoms with Gasteiger partial charge in [-0.15, -0.1) is 0 Å². The van der Waals surface area contributed by atoms with Gasteiger partial charge in [-0.05, 0) is 49.7 Å². The predicted molar refractivity (Wildman–Crippen MR) is 122 cm³/mol. The zero-order valence-electron chi connectivity index (χ0n) is 16.1. The van der Waals surface area contributed by atoms with Crippen molar-refractivity contribution < 1.29 is 0 Å². The summed E-state index contributed by atoms with van der Waals surface area (Å²) in [7, 11) is 4.17. The first-order valence-corrected chi connectivity index (χ1v) is 12.8. The third-order valence-corrected chi connectivity index (χ3v) is 7.23. The largest absolute Gasteiger partial charge is 0.0942 e. The van der Waals surface area contributed by atoms with Gasteiger partial charge in [-0.25, -0.2) is 0 Å². The zero-order valence-corrected chi connectivity index (χ0v) is 17.7. The Kier molecular flexibility index (Phi) is 12.6. The summed E-state index contributed by atoms with van der Waals surface area (Å²) in [4.78, 5) is 0. The number of unbranched alkanes of at least 4 members (excludes halogenated alkanes) is 6. The minimum absolute atomic E-state index is 1.24. The van der Waals surface area contributed by atoms with Gasteiger partial charge in [0.2, 0.25) is 0 Å². The van der Waals surface area contributed by atoms with E-state index in [2.05, 4.69) is 82.3 Å². The second-order valence-electron chi connectivity index (χ2n) is 6.94. The Morgan fingerprint density at radius 1 is 0.423 bits per heavy atom. The van der Waals surface area contributed by atoms with Crippen LogP contribution in [0, 0.1) is 0 Å². The van der Waals surface area contributed by atoms with Crippen LogP contribution in [-0.2, 0) is 12.8 Å². The Morgan fingerprint density at radius 2 is 0.808 bits per heavy atom. The fourth-order valence-electron chi connectivity index (χ4n) is 3.09. The molecule has 0 aliphatic carbocycles. The first-order valence-electron chi connectivity index (χ1n) is 10.3. The maximum atomic E-state index is 2.24. The molecule has 2 aromatic rings. The van der Waals surface area contributed by atoms with Crippen molar-refractivity contribution in [3.05, 3.63) is 71.8 Å². The number of aryl methyl sites for hydroxylation is 2. The van der Waals surface area contributed by atoms with Crippen molar-refractivity contribution in [1.29, 1.82) is 0 Å². The lowest BCUT2D eigenvalue weighted by molar-refractivity contribution is 0.670. The van der Waals surface area contributed by atoms with Gasteiger partial charge >= 0.3 is 0 Å². The molecule has 0 radical (unpaired) electrons. The molecular weight excluding hydrogens is 352 g/mol. The van der Waals surface area contributed by atoms with Crippen molar-refractivity contribution in [3.63, 3.8) is 0 Å². The summed E-state index contributed by atoms with van der Waals surface area (Å²) in [5, 5.41) is 0. The summed E-state index contributed by atoms with van der Waals surface area (Å²) in [6, 6.07) is 21.8. The lowest BCUT2D eigenvalue weighted by Crippen LogP contribution is -1.87. The Bertz CT molecular complexity index is 487. The first kappa shape index (κ1) is 21.4. The van der Waals surface area contributed by atoms with Crippen LogP contribution in [0.3, 0.4) is 0 Å². The van der Waals surface area contributed by atoms with Crippen LogP contribution in [0.4, 0.5) is 0 Å². The molecule has 0 bridgehead atoms. The van der Waals surface area contributed by atoms with Gasteiger partial charge in [-0.1, -0.05) is 108 Å². The second-order valence-corrected chi connectivity index (χ2v) is 9.65. The topological polar surface area (TPSA) is 0 Å². The summed E-state index contributed by atoms with van der Waals surface area (Å²) in [5.41, 5.74) is 2.97. The lowest BCUT2D eigenvalue weighted by atomic mass is 10.1. The van der Waals surface area contributed by atoms with Crippen molar-refractivity contribution >= 4 is 21.6 Å². The molecule has 0 atom stereocenters. The number of hydrogen-bond donors (Lipinski definition) is 0. The summed E-state index contributed by atoms with van der Waals surface area (Å²) >= 11 is 0. The highest BCUT2D eigenvalue weighted by molar-refractivity contribution is 8.76. The number of benzene rings is 2. The van der Waals surface area contributed by atoms with Gasteiger partial charge in [-0.2, -0.15) is 0 Å². The smallest absolute Gasteiger partial charge is 0.00369 e. The lowest BCUT2D eigenvalue weighted by Gasteiger charge is -2.04. The highest BCUT2D eigenvalue weighted by Crippen LogP contribution is 2.24. The highest BCUT2D eigenvalue weighted by Gasteiger charge is 1.96. The first-order chi connectivity index (χ1) is 12.9. The fourth-order valence-corrected chi connectivity index (χ4v) is 5.39. The summed E-state index contributed by atoms with van der Waals surface area (Å²) in [6.07, 6.45) is 13.4. The fraction of sp³-hybridized carbons (Fsp3) is 0.500. The molecule has 26 heavy (non-hydrogen) atoms. The van der Waals surface area contributed by atoms with E-state index in [4.69, 9.17) is 0 Å². The molecule has 0 nitrogen and oxygen atoms in total. The molecule has 2 heteroatoms. The maximum Gasteiger partial charge on any atom is 0.00369 e. The molecule has 0 saturated carbocycles. The Morgan fingerprint density at radius 3 is 1.23 bits per heavy atom. The molecule has 0 N–H and O–H groups in total. The Labute approximate surface area is 169 Å². The molecule has 0 spiro atoms. The van der Waals surface area contributed by atoms with Crippen LogP contribution in [0.2, 0.25) is 0 Å². The quantitative estimate of drug-likeness (QED) is 0.225. The monoisotopic (exact) mass is 386 g/mol. The van der Waals surface area contributed by atoms with E-state index in [-0.39, 0.29) is 0 Å². The third-order valence-electron chi connectivity index (χ3n) is 4.66. The van der Waals surface area contributed by atoms with Gasteiger partial charge in [-0.3, -0.25) is 0 Å². The van der Waals surface area contributed by atoms with Gasteiger partial charge in [0.05, 0.1) is 0 Å². The van der Waals surface area contributed by atoms with Crippen LogP contribution in [0.25, 0.3) is 0 Å². The van der Waals surface area contributed by atoms with Crippen molar-refractivity contribution in [3.8, 4) is 0 Å². The van der Waals surface area contributed by atoms with E-state index in [0.717, 1.165) is 0 Å². The molecule has 0 aliphatic rings. The van der Waals surface area contributed by atoms with E-state index >= 15 is 0 Å². The van der Waals surface area contributed by atoms with E-state index in [0.29, 0.717) is 0 Å². The zero-order chi connectivity index (χ0) is 18.1. The van der Waals surface area contributed by atoms with Gasteiger partial charge in [0.25, 0.3) is 0 Å². The SMILES string of the molecule is c1ccc(CCCCCCSSCCCCCCc2ccccc2)cc1. The predicted octanol–water partition coefficient (Wildman–Crippen LogP) is 7.97. The van der Waals surface area contributed by atoms with Crippen molar-refractivity contribution in [2.24, 2.45) is 0 Å². The molecule has 2 aromatic carbocycles. The normalized spacial score (nSPS) is 10.9. The molecule has 0 saturated heterocycles. The van der Waals surface area contributed by atoms with Crippen LogP contribution in [-0.4, -0.2) is 11.5 Å². The van der Waals surface area contributed by atoms with E-state index < -0.39 is 0 Å². The van der Waals surface area contributed by atoms with Crippen molar-refractivity contribution in [1.82, 2.24) is 0 Å². The van der Waals surface area contributed by atoms with Gasteiger partial charge < -0.3 is 0 Å². The minimum atomic E-state index is 1.24. The van der Waals surface area contributed by atoms with E-state index in [1.54, 1.807) is 0 Å². The van der Waals surface area contributed by atoms with Gasteiger partial charge in [0, 0.05) is 11.5 Å². The Balaban J connectivity index is 1.28. The van der Waals surface area contributed by atoms with E-state index in [1.165, 1.54) is 86.8 Å². The third kappa shape index (κ3) is 11.0. The molecule has 0 aromatic heterocycles. The van der Waals surface area contributed by atoms with E-state index in [9.17, 15) is 0 Å². The molecule has 2 rings (SSSR count). The van der Waals surface area contributed by atoms with Crippen LogP contribution in [0.15, 0.2) is 60.7 Å². The summed E-state index contributed by atoms with van der Waals surface area (Å²) in [6.45, 7) is 0. The second kappa shape index (κ2) is 15.2. The minimum Gasteiger partial charge on any atom is -0.0942 e. The molecular formula is C24H34S2. The maximum absolute atomic E-state index is 2.24. The molecule has 142 valence electrons. The number of hydrogen-bond acceptors (Lipinski definition) is 2.